The minimum Gasteiger partial charge on any atom is -0.466 e. The lowest BCUT2D eigenvalue weighted by Crippen LogP contribution is -2.36. The monoisotopic (exact) mass is 398 g/mol. The van der Waals surface area contributed by atoms with E-state index in [1.165, 1.54) is 39.2 Å². The van der Waals surface area contributed by atoms with Crippen molar-refractivity contribution in [2.24, 2.45) is 23.2 Å². The lowest BCUT2D eigenvalue weighted by molar-refractivity contribution is -0.136. The molecule has 0 aromatic heterocycles. The number of carbonyl (C=O) groups is 1. The number of ether oxygens (including phenoxy) is 1. The first-order chi connectivity index (χ1) is 11.3. The summed E-state index contributed by atoms with van der Waals surface area (Å²) in [6.45, 7) is 8.43. The Balaban J connectivity index is 1.98. The number of methoxy groups -OCH3 is 1. The summed E-state index contributed by atoms with van der Waals surface area (Å²) in [5.74, 6) is 1.33. The van der Waals surface area contributed by atoms with Crippen LogP contribution in [0.3, 0.4) is 0 Å². The second-order valence-corrected chi connectivity index (χ2v) is 8.40. The van der Waals surface area contributed by atoms with Gasteiger partial charge in [-0.15, -0.1) is 0 Å². The Morgan fingerprint density at radius 2 is 2.25 bits per heavy atom. The summed E-state index contributed by atoms with van der Waals surface area (Å²) in [5.41, 5.74) is 2.27. The fourth-order valence-electron chi connectivity index (χ4n) is 5.33. The van der Waals surface area contributed by atoms with Crippen LogP contribution in [0, 0.1) is 23.2 Å². The van der Waals surface area contributed by atoms with Gasteiger partial charge in [-0.2, -0.15) is 0 Å². The first-order valence-electron chi connectivity index (χ1n) is 9.06. The topological polar surface area (TPSA) is 46.5 Å². The molecule has 2 aliphatic carbocycles. The molecule has 0 aliphatic heterocycles. The largest absolute Gasteiger partial charge is 0.466 e. The highest BCUT2D eigenvalue weighted by Gasteiger charge is 2.50. The maximum Gasteiger partial charge on any atom is 0.333 e. The quantitative estimate of drug-likeness (QED) is 0.506. The zero-order valence-electron chi connectivity index (χ0n) is 15.2. The maximum absolute atomic E-state index is 11.5. The van der Waals surface area contributed by atoms with Crippen molar-refractivity contribution < 1.29 is 14.6 Å². The molecule has 5 atom stereocenters. The second kappa shape index (κ2) is 8.18. The third-order valence-corrected chi connectivity index (χ3v) is 7.05. The van der Waals surface area contributed by atoms with E-state index in [4.69, 9.17) is 0 Å². The van der Waals surface area contributed by atoms with E-state index in [0.717, 1.165) is 6.42 Å². The molecule has 2 unspecified atom stereocenters. The summed E-state index contributed by atoms with van der Waals surface area (Å²) in [7, 11) is 1.35. The van der Waals surface area contributed by atoms with Crippen molar-refractivity contribution in [3.63, 3.8) is 0 Å². The maximum atomic E-state index is 11.5. The average Bonchev–Trinajstić information content (AvgIpc) is 2.90. The van der Waals surface area contributed by atoms with E-state index in [1.807, 2.05) is 0 Å². The standard InChI is InChI=1S/C20H31BrO3/c1-13(10-16(22)11-14(2)19(23)24-4)17-7-8-18-15(12-21)6-5-9-20(17,18)3/h12-13,16-18,22H,2,5-11H2,1,3-4H3/b15-12+/t13-,16?,17-,18?,20-/m1/s1. The Kier molecular flexibility index (Phi) is 6.72. The van der Waals surface area contributed by atoms with E-state index in [1.54, 1.807) is 5.57 Å². The lowest BCUT2D eigenvalue weighted by atomic mass is 9.61. The van der Waals surface area contributed by atoms with E-state index < -0.39 is 12.1 Å². The third kappa shape index (κ3) is 3.96. The van der Waals surface area contributed by atoms with Crippen molar-refractivity contribution in [3.8, 4) is 0 Å². The molecule has 0 aromatic carbocycles. The molecular weight excluding hydrogens is 368 g/mol. The molecule has 136 valence electrons. The van der Waals surface area contributed by atoms with Crippen molar-refractivity contribution in [1.82, 2.24) is 0 Å². The van der Waals surface area contributed by atoms with Crippen LogP contribution < -0.4 is 0 Å². The lowest BCUT2D eigenvalue weighted by Gasteiger charge is -2.44. The summed E-state index contributed by atoms with van der Waals surface area (Å²) in [4.78, 5) is 13.6. The Hall–Kier alpha value is -0.610. The summed E-state index contributed by atoms with van der Waals surface area (Å²) in [5, 5.41) is 10.4. The molecule has 0 spiro atoms. The van der Waals surface area contributed by atoms with E-state index in [9.17, 15) is 9.90 Å². The number of carbonyl (C=O) groups excluding carboxylic acids is 1. The van der Waals surface area contributed by atoms with Crippen molar-refractivity contribution in [2.75, 3.05) is 7.11 Å². The van der Waals surface area contributed by atoms with Gasteiger partial charge in [0.2, 0.25) is 0 Å². The van der Waals surface area contributed by atoms with Gasteiger partial charge in [0.25, 0.3) is 0 Å². The number of fused-ring (bicyclic) bond motifs is 1. The number of hydrogen-bond acceptors (Lipinski definition) is 3. The Labute approximate surface area is 154 Å². The van der Waals surface area contributed by atoms with Gasteiger partial charge in [-0.3, -0.25) is 0 Å². The van der Waals surface area contributed by atoms with Crippen LogP contribution >= 0.6 is 15.9 Å². The van der Waals surface area contributed by atoms with Crippen LogP contribution in [-0.4, -0.2) is 24.3 Å². The smallest absolute Gasteiger partial charge is 0.333 e. The summed E-state index contributed by atoms with van der Waals surface area (Å²) in [6.07, 6.45) is 6.74. The minimum atomic E-state index is -0.524. The first-order valence-corrected chi connectivity index (χ1v) is 9.98. The van der Waals surface area contributed by atoms with Gasteiger partial charge in [0.1, 0.15) is 0 Å². The molecule has 0 saturated heterocycles. The SMILES string of the molecule is C=C(CC(O)C[C@@H](C)[C@H]1CCC2/C(=C/Br)CCC[C@@]21C)C(=O)OC. The first kappa shape index (κ1) is 19.7. The highest BCUT2D eigenvalue weighted by molar-refractivity contribution is 9.11. The fraction of sp³-hybridized carbons (Fsp3) is 0.750. The number of aliphatic hydroxyl groups excluding tert-OH is 1. The molecule has 0 aromatic rings. The summed E-state index contributed by atoms with van der Waals surface area (Å²) in [6, 6.07) is 0. The molecule has 0 amide bonds. The molecule has 0 radical (unpaired) electrons. The van der Waals surface area contributed by atoms with E-state index in [-0.39, 0.29) is 0 Å². The molecule has 2 aliphatic rings. The molecule has 2 fully saturated rings. The van der Waals surface area contributed by atoms with Gasteiger partial charge in [0.15, 0.2) is 0 Å². The normalized spacial score (nSPS) is 33.8. The molecule has 2 rings (SSSR count). The molecule has 0 bridgehead atoms. The Morgan fingerprint density at radius 3 is 2.88 bits per heavy atom. The second-order valence-electron chi connectivity index (χ2n) is 7.95. The van der Waals surface area contributed by atoms with Gasteiger partial charge in [-0.1, -0.05) is 41.9 Å². The van der Waals surface area contributed by atoms with Gasteiger partial charge >= 0.3 is 5.97 Å². The van der Waals surface area contributed by atoms with E-state index in [2.05, 4.69) is 46.1 Å². The van der Waals surface area contributed by atoms with Crippen molar-refractivity contribution in [2.45, 2.75) is 64.9 Å². The van der Waals surface area contributed by atoms with Crippen LogP contribution in [0.2, 0.25) is 0 Å². The van der Waals surface area contributed by atoms with Gasteiger partial charge < -0.3 is 9.84 Å². The molecule has 24 heavy (non-hydrogen) atoms. The highest BCUT2D eigenvalue weighted by Crippen LogP contribution is 2.60. The van der Waals surface area contributed by atoms with Crippen LogP contribution in [-0.2, 0) is 9.53 Å². The van der Waals surface area contributed by atoms with Crippen molar-refractivity contribution in [1.29, 1.82) is 0 Å². The van der Waals surface area contributed by atoms with E-state index in [0.29, 0.717) is 35.2 Å². The number of halogens is 1. The van der Waals surface area contributed by atoms with Gasteiger partial charge in [-0.05, 0) is 66.7 Å². The van der Waals surface area contributed by atoms with Crippen LogP contribution in [0.1, 0.15) is 58.8 Å². The van der Waals surface area contributed by atoms with Gasteiger partial charge in [-0.25, -0.2) is 4.79 Å². The van der Waals surface area contributed by atoms with Crippen LogP contribution in [0.5, 0.6) is 0 Å². The van der Waals surface area contributed by atoms with Crippen LogP contribution in [0.15, 0.2) is 22.7 Å². The average molecular weight is 399 g/mol. The summed E-state index contributed by atoms with van der Waals surface area (Å²) < 4.78 is 4.67. The number of esters is 1. The molecular formula is C20H31BrO3. The van der Waals surface area contributed by atoms with Crippen molar-refractivity contribution in [3.05, 3.63) is 22.7 Å². The number of allylic oxidation sites excluding steroid dienone is 1. The van der Waals surface area contributed by atoms with Crippen LogP contribution in [0.25, 0.3) is 0 Å². The van der Waals surface area contributed by atoms with Gasteiger partial charge in [0.05, 0.1) is 13.2 Å². The van der Waals surface area contributed by atoms with Crippen molar-refractivity contribution >= 4 is 21.9 Å². The zero-order chi connectivity index (χ0) is 17.9. The fourth-order valence-corrected chi connectivity index (χ4v) is 5.88. The molecule has 2 saturated carbocycles. The Bertz CT molecular complexity index is 513. The van der Waals surface area contributed by atoms with E-state index >= 15 is 0 Å². The number of aliphatic hydroxyl groups is 1. The molecule has 3 nitrogen and oxygen atoms in total. The predicted molar refractivity (Wildman–Crippen MR) is 101 cm³/mol. The van der Waals surface area contributed by atoms with Gasteiger partial charge in [0, 0.05) is 12.0 Å². The third-order valence-electron chi connectivity index (χ3n) is 6.46. The molecule has 4 heteroatoms. The minimum absolute atomic E-state index is 0.302. The molecule has 0 heterocycles. The summed E-state index contributed by atoms with van der Waals surface area (Å²) >= 11 is 3.56. The predicted octanol–water partition coefficient (Wildman–Crippen LogP) is 4.99. The molecule has 1 N–H and O–H groups in total. The zero-order valence-corrected chi connectivity index (χ0v) is 16.8. The number of hydrogen-bond donors (Lipinski definition) is 1. The number of rotatable bonds is 6. The highest BCUT2D eigenvalue weighted by atomic mass is 79.9. The van der Waals surface area contributed by atoms with Crippen LogP contribution in [0.4, 0.5) is 0 Å². The Morgan fingerprint density at radius 1 is 1.54 bits per heavy atom.